The molecule has 10 nitrogen and oxygen atoms in total. The number of nitrogens with zero attached hydrogens (tertiary/aromatic N) is 1. The Bertz CT molecular complexity index is 1370. The fourth-order valence-electron chi connectivity index (χ4n) is 4.43. The van der Waals surface area contributed by atoms with Crippen molar-refractivity contribution < 1.29 is 31.6 Å². The first-order valence-electron chi connectivity index (χ1n) is 12.2. The second-order valence-corrected chi connectivity index (χ2v) is 11.6. The molecular weight excluding hydrogens is 498 g/mol. The third kappa shape index (κ3) is 5.94. The van der Waals surface area contributed by atoms with Crippen LogP contribution in [0.1, 0.15) is 49.4 Å². The second kappa shape index (κ2) is 10.9. The van der Waals surface area contributed by atoms with E-state index >= 15 is 0 Å². The van der Waals surface area contributed by atoms with Gasteiger partial charge >= 0.3 is 0 Å². The SMILES string of the molecule is Cc1occc1S(=O)(=O)N1CCC[C@H](NC(=O)C(CC(C)C)NC(=O)c2cc3ccccc3o2)C(=O)C1. The minimum absolute atomic E-state index is 0.0214. The molecule has 0 saturated carbocycles. The van der Waals surface area contributed by atoms with Gasteiger partial charge < -0.3 is 19.5 Å². The van der Waals surface area contributed by atoms with Gasteiger partial charge in [0.05, 0.1) is 18.8 Å². The summed E-state index contributed by atoms with van der Waals surface area (Å²) in [6, 6.07) is 8.42. The van der Waals surface area contributed by atoms with Crippen LogP contribution in [0.2, 0.25) is 0 Å². The molecule has 11 heteroatoms. The average Bonchev–Trinajstić information content (AvgIpc) is 3.43. The third-order valence-corrected chi connectivity index (χ3v) is 8.32. The molecule has 37 heavy (non-hydrogen) atoms. The first kappa shape index (κ1) is 26.6. The fourth-order valence-corrected chi connectivity index (χ4v) is 6.02. The maximum atomic E-state index is 13.2. The normalized spacial score (nSPS) is 18.1. The van der Waals surface area contributed by atoms with E-state index < -0.39 is 39.7 Å². The van der Waals surface area contributed by atoms with E-state index in [0.717, 1.165) is 9.69 Å². The van der Waals surface area contributed by atoms with Crippen LogP contribution in [-0.4, -0.2) is 55.5 Å². The highest BCUT2D eigenvalue weighted by atomic mass is 32.2. The van der Waals surface area contributed by atoms with Crippen LogP contribution in [0.15, 0.2) is 56.4 Å². The minimum atomic E-state index is -3.91. The number of amides is 2. The maximum absolute atomic E-state index is 13.2. The molecule has 2 atom stereocenters. The summed E-state index contributed by atoms with van der Waals surface area (Å²) in [6.45, 7) is 5.17. The maximum Gasteiger partial charge on any atom is 0.287 e. The van der Waals surface area contributed by atoms with Gasteiger partial charge in [-0.25, -0.2) is 8.42 Å². The quantitative estimate of drug-likeness (QED) is 0.457. The van der Waals surface area contributed by atoms with Gasteiger partial charge in [-0.3, -0.25) is 14.4 Å². The van der Waals surface area contributed by atoms with E-state index in [1.807, 2.05) is 26.0 Å². The number of fused-ring (bicyclic) bond motifs is 1. The van der Waals surface area contributed by atoms with Gasteiger partial charge in [0.1, 0.15) is 22.3 Å². The molecule has 0 aliphatic carbocycles. The van der Waals surface area contributed by atoms with Crippen LogP contribution in [0.3, 0.4) is 0 Å². The Hall–Kier alpha value is -3.44. The molecule has 1 fully saturated rings. The number of ketones is 1. The molecule has 2 N–H and O–H groups in total. The predicted octanol–water partition coefficient (Wildman–Crippen LogP) is 3.02. The number of hydrogen-bond donors (Lipinski definition) is 2. The van der Waals surface area contributed by atoms with E-state index in [9.17, 15) is 22.8 Å². The number of rotatable bonds is 8. The van der Waals surface area contributed by atoms with Crippen molar-refractivity contribution in [3.8, 4) is 0 Å². The molecule has 1 aromatic carbocycles. The Morgan fingerprint density at radius 2 is 1.95 bits per heavy atom. The minimum Gasteiger partial charge on any atom is -0.468 e. The average molecular weight is 530 g/mol. The van der Waals surface area contributed by atoms with E-state index in [0.29, 0.717) is 18.4 Å². The van der Waals surface area contributed by atoms with Gasteiger partial charge in [0.25, 0.3) is 5.91 Å². The van der Waals surface area contributed by atoms with Gasteiger partial charge in [0, 0.05) is 11.9 Å². The summed E-state index contributed by atoms with van der Waals surface area (Å²) < 4.78 is 37.9. The van der Waals surface area contributed by atoms with Gasteiger partial charge in [-0.15, -0.1) is 0 Å². The van der Waals surface area contributed by atoms with Crippen molar-refractivity contribution in [2.24, 2.45) is 5.92 Å². The van der Waals surface area contributed by atoms with Crippen molar-refractivity contribution in [3.05, 3.63) is 54.2 Å². The lowest BCUT2D eigenvalue weighted by Crippen LogP contribution is -2.52. The summed E-state index contributed by atoms with van der Waals surface area (Å²) >= 11 is 0. The van der Waals surface area contributed by atoms with E-state index in [1.54, 1.807) is 25.1 Å². The highest BCUT2D eigenvalue weighted by Crippen LogP contribution is 2.23. The van der Waals surface area contributed by atoms with Gasteiger partial charge in [0.2, 0.25) is 15.9 Å². The van der Waals surface area contributed by atoms with Crippen molar-refractivity contribution >= 4 is 38.6 Å². The van der Waals surface area contributed by atoms with E-state index in [1.165, 1.54) is 12.3 Å². The molecule has 3 aromatic rings. The molecule has 0 bridgehead atoms. The zero-order chi connectivity index (χ0) is 26.7. The summed E-state index contributed by atoms with van der Waals surface area (Å²) in [6.07, 6.45) is 2.30. The van der Waals surface area contributed by atoms with Crippen LogP contribution in [-0.2, 0) is 19.6 Å². The zero-order valence-corrected chi connectivity index (χ0v) is 21.8. The van der Waals surface area contributed by atoms with Crippen LogP contribution in [0.4, 0.5) is 0 Å². The van der Waals surface area contributed by atoms with Crippen molar-refractivity contribution in [1.29, 1.82) is 0 Å². The lowest BCUT2D eigenvalue weighted by Gasteiger charge is -2.23. The number of nitrogens with one attached hydrogen (secondary N) is 2. The summed E-state index contributed by atoms with van der Waals surface area (Å²) in [5.74, 6) is -1.03. The Balaban J connectivity index is 1.44. The van der Waals surface area contributed by atoms with Crippen LogP contribution in [0.25, 0.3) is 11.0 Å². The number of benzene rings is 1. The van der Waals surface area contributed by atoms with Gasteiger partial charge in [-0.05, 0) is 50.3 Å². The number of carbonyl (C=O) groups is 3. The highest BCUT2D eigenvalue weighted by Gasteiger charge is 2.35. The van der Waals surface area contributed by atoms with Crippen molar-refractivity contribution in [3.63, 3.8) is 0 Å². The van der Waals surface area contributed by atoms with Crippen molar-refractivity contribution in [2.75, 3.05) is 13.1 Å². The lowest BCUT2D eigenvalue weighted by molar-refractivity contribution is -0.129. The molecule has 3 heterocycles. The molecule has 2 aromatic heterocycles. The Morgan fingerprint density at radius 1 is 1.19 bits per heavy atom. The van der Waals surface area contributed by atoms with Crippen molar-refractivity contribution in [1.82, 2.24) is 14.9 Å². The van der Waals surface area contributed by atoms with E-state index in [-0.39, 0.29) is 41.8 Å². The molecule has 0 spiro atoms. The second-order valence-electron chi connectivity index (χ2n) is 9.65. The summed E-state index contributed by atoms with van der Waals surface area (Å²) in [5.41, 5.74) is 0.562. The smallest absolute Gasteiger partial charge is 0.287 e. The third-order valence-electron chi connectivity index (χ3n) is 6.34. The van der Waals surface area contributed by atoms with Crippen LogP contribution >= 0.6 is 0 Å². The Kier molecular flexibility index (Phi) is 7.84. The first-order valence-corrected chi connectivity index (χ1v) is 13.7. The number of furan rings is 2. The van der Waals surface area contributed by atoms with E-state index in [2.05, 4.69) is 10.6 Å². The van der Waals surface area contributed by atoms with Gasteiger partial charge in [-0.1, -0.05) is 32.0 Å². The largest absolute Gasteiger partial charge is 0.468 e. The molecule has 1 saturated heterocycles. The summed E-state index contributed by atoms with van der Waals surface area (Å²) in [7, 11) is -3.91. The van der Waals surface area contributed by atoms with Crippen molar-refractivity contribution in [2.45, 2.75) is 57.0 Å². The first-order chi connectivity index (χ1) is 17.6. The molecule has 0 radical (unpaired) electrons. The predicted molar refractivity (Wildman–Crippen MR) is 135 cm³/mol. The number of hydrogen-bond acceptors (Lipinski definition) is 7. The topological polar surface area (TPSA) is 139 Å². The summed E-state index contributed by atoms with van der Waals surface area (Å²) in [4.78, 5) is 39.1. The molecule has 4 rings (SSSR count). The highest BCUT2D eigenvalue weighted by molar-refractivity contribution is 7.89. The molecule has 2 amide bonds. The van der Waals surface area contributed by atoms with Gasteiger partial charge in [0.15, 0.2) is 11.5 Å². The zero-order valence-electron chi connectivity index (χ0n) is 21.0. The number of aryl methyl sites for hydroxylation is 1. The lowest BCUT2D eigenvalue weighted by atomic mass is 10.0. The number of carbonyl (C=O) groups excluding carboxylic acids is 3. The Morgan fingerprint density at radius 3 is 2.62 bits per heavy atom. The molecule has 1 aliphatic rings. The number of sulfonamides is 1. The van der Waals surface area contributed by atoms with Crippen LogP contribution in [0, 0.1) is 12.8 Å². The monoisotopic (exact) mass is 529 g/mol. The van der Waals surface area contributed by atoms with Gasteiger partial charge in [-0.2, -0.15) is 4.31 Å². The number of para-hydroxylation sites is 1. The molecule has 1 unspecified atom stereocenters. The molecular formula is C26H31N3O7S. The Labute approximate surface area is 215 Å². The van der Waals surface area contributed by atoms with E-state index in [4.69, 9.17) is 8.83 Å². The molecule has 1 aliphatic heterocycles. The number of Topliss-reactive ketones (excluding diaryl/α,β-unsaturated/α-hetero) is 1. The van der Waals surface area contributed by atoms with Crippen LogP contribution in [0.5, 0.6) is 0 Å². The fraction of sp³-hybridized carbons (Fsp3) is 0.423. The molecule has 198 valence electrons. The van der Waals surface area contributed by atoms with Crippen LogP contribution < -0.4 is 10.6 Å². The standard InChI is InChI=1S/C26H31N3O7S/c1-16(2)13-20(28-26(32)23-14-18-7-4-5-9-22(18)36-23)25(31)27-19-8-6-11-29(15-21(19)30)37(33,34)24-10-12-35-17(24)3/h4-5,7,9-10,12,14,16,19-20H,6,8,11,13,15H2,1-3H3,(H,27,31)(H,28,32)/t19-,20?/m0/s1. The summed E-state index contributed by atoms with van der Waals surface area (Å²) in [5, 5.41) is 6.24.